The number of anilines is 1. The highest BCUT2D eigenvalue weighted by Crippen LogP contribution is 2.29. The van der Waals surface area contributed by atoms with Crippen LogP contribution in [0, 0.1) is 0 Å². The van der Waals surface area contributed by atoms with Crippen molar-refractivity contribution in [3.8, 4) is 5.75 Å². The van der Waals surface area contributed by atoms with E-state index in [1.807, 2.05) is 24.3 Å². The molecule has 0 bridgehead atoms. The van der Waals surface area contributed by atoms with E-state index < -0.39 is 11.8 Å². The number of hydrogen-bond donors (Lipinski definition) is 3. The number of ether oxygens (including phenoxy) is 1. The zero-order valence-corrected chi connectivity index (χ0v) is 18.6. The standard InChI is InChI=1S/C22H26BrN3O4/c1-3-15(2)16-9-10-19(18(23)13-16)30-14-22(29)26-25-21(28)12-11-20(27)24-17-7-5-4-6-8-17/h4-10,13,15H,3,11-12,14H2,1-2H3,(H,24,27)(H,25,28)(H,26,29). The van der Waals surface area contributed by atoms with Crippen LogP contribution in [0.4, 0.5) is 5.69 Å². The lowest BCUT2D eigenvalue weighted by Crippen LogP contribution is -2.44. The quantitative estimate of drug-likeness (QED) is 0.479. The Balaban J connectivity index is 1.68. The molecule has 3 amide bonds. The van der Waals surface area contributed by atoms with Crippen LogP contribution < -0.4 is 20.9 Å². The number of benzene rings is 2. The zero-order chi connectivity index (χ0) is 21.9. The molecule has 0 radical (unpaired) electrons. The summed E-state index contributed by atoms with van der Waals surface area (Å²) in [6.07, 6.45) is 0.980. The third-order valence-electron chi connectivity index (χ3n) is 4.47. The first kappa shape index (κ1) is 23.4. The molecule has 0 saturated heterocycles. The molecule has 1 unspecified atom stereocenters. The Morgan fingerprint density at radius 2 is 1.63 bits per heavy atom. The van der Waals surface area contributed by atoms with E-state index in [1.54, 1.807) is 24.3 Å². The number of rotatable bonds is 9. The second kappa shape index (κ2) is 12.0. The minimum Gasteiger partial charge on any atom is -0.483 e. The van der Waals surface area contributed by atoms with Gasteiger partial charge in [-0.3, -0.25) is 25.2 Å². The van der Waals surface area contributed by atoms with E-state index in [2.05, 4.69) is 45.9 Å². The maximum Gasteiger partial charge on any atom is 0.276 e. The smallest absolute Gasteiger partial charge is 0.276 e. The van der Waals surface area contributed by atoms with Crippen molar-refractivity contribution in [1.29, 1.82) is 0 Å². The number of hydrazine groups is 1. The molecule has 0 aliphatic rings. The van der Waals surface area contributed by atoms with Gasteiger partial charge < -0.3 is 10.1 Å². The molecule has 2 aromatic carbocycles. The molecule has 160 valence electrons. The molecule has 0 aromatic heterocycles. The van der Waals surface area contributed by atoms with Crippen molar-refractivity contribution in [2.75, 3.05) is 11.9 Å². The fraction of sp³-hybridized carbons (Fsp3) is 0.318. The lowest BCUT2D eigenvalue weighted by atomic mass is 9.99. The SMILES string of the molecule is CCC(C)c1ccc(OCC(=O)NNC(=O)CCC(=O)Nc2ccccc2)c(Br)c1. The highest BCUT2D eigenvalue weighted by atomic mass is 79.9. The Labute approximate surface area is 184 Å². The third kappa shape index (κ3) is 7.87. The number of para-hydroxylation sites is 1. The van der Waals surface area contributed by atoms with Crippen LogP contribution in [0.3, 0.4) is 0 Å². The van der Waals surface area contributed by atoms with Crippen LogP contribution in [-0.4, -0.2) is 24.3 Å². The molecule has 0 heterocycles. The van der Waals surface area contributed by atoms with Gasteiger partial charge in [0.05, 0.1) is 4.47 Å². The lowest BCUT2D eigenvalue weighted by molar-refractivity contribution is -0.130. The zero-order valence-electron chi connectivity index (χ0n) is 17.0. The summed E-state index contributed by atoms with van der Waals surface area (Å²) in [4.78, 5) is 35.5. The largest absolute Gasteiger partial charge is 0.483 e. The second-order valence-corrected chi connectivity index (χ2v) is 7.65. The molecule has 8 heteroatoms. The van der Waals surface area contributed by atoms with Gasteiger partial charge in [0.15, 0.2) is 6.61 Å². The Bertz CT molecular complexity index is 874. The van der Waals surface area contributed by atoms with Crippen molar-refractivity contribution in [3.63, 3.8) is 0 Å². The molecular weight excluding hydrogens is 450 g/mol. The minimum atomic E-state index is -0.505. The predicted octanol–water partition coefficient (Wildman–Crippen LogP) is 3.91. The van der Waals surface area contributed by atoms with Gasteiger partial charge in [0, 0.05) is 18.5 Å². The lowest BCUT2D eigenvalue weighted by Gasteiger charge is -2.13. The first-order chi connectivity index (χ1) is 14.4. The van der Waals surface area contributed by atoms with Crippen molar-refractivity contribution in [2.24, 2.45) is 0 Å². The molecule has 2 aromatic rings. The van der Waals surface area contributed by atoms with Gasteiger partial charge in [-0.05, 0) is 58.1 Å². The number of halogens is 1. The van der Waals surface area contributed by atoms with Crippen molar-refractivity contribution >= 4 is 39.3 Å². The first-order valence-electron chi connectivity index (χ1n) is 9.73. The maximum absolute atomic E-state index is 11.9. The van der Waals surface area contributed by atoms with Gasteiger partial charge >= 0.3 is 0 Å². The summed E-state index contributed by atoms with van der Waals surface area (Å²) in [6.45, 7) is 4.01. The van der Waals surface area contributed by atoms with Gasteiger partial charge in [0.25, 0.3) is 5.91 Å². The maximum atomic E-state index is 11.9. The number of carbonyl (C=O) groups is 3. The van der Waals surface area contributed by atoms with Crippen molar-refractivity contribution in [2.45, 2.75) is 39.0 Å². The number of carbonyl (C=O) groups excluding carboxylic acids is 3. The van der Waals surface area contributed by atoms with Crippen molar-refractivity contribution in [3.05, 3.63) is 58.6 Å². The summed E-state index contributed by atoms with van der Waals surface area (Å²) in [7, 11) is 0. The molecule has 0 saturated carbocycles. The highest BCUT2D eigenvalue weighted by molar-refractivity contribution is 9.10. The molecule has 0 fully saturated rings. The topological polar surface area (TPSA) is 96.5 Å². The molecule has 7 nitrogen and oxygen atoms in total. The van der Waals surface area contributed by atoms with E-state index in [-0.39, 0.29) is 25.4 Å². The molecule has 2 rings (SSSR count). The number of amides is 3. The van der Waals surface area contributed by atoms with Gasteiger partial charge in [0.2, 0.25) is 11.8 Å². The molecule has 0 aliphatic heterocycles. The summed E-state index contributed by atoms with van der Waals surface area (Å²) in [6, 6.07) is 14.7. The van der Waals surface area contributed by atoms with Crippen LogP contribution in [0.15, 0.2) is 53.0 Å². The van der Waals surface area contributed by atoms with E-state index in [4.69, 9.17) is 4.74 Å². The third-order valence-corrected chi connectivity index (χ3v) is 5.09. The van der Waals surface area contributed by atoms with Crippen LogP contribution in [-0.2, 0) is 14.4 Å². The Hall–Kier alpha value is -2.87. The summed E-state index contributed by atoms with van der Waals surface area (Å²) in [5.74, 6) is -0.276. The fourth-order valence-corrected chi connectivity index (χ4v) is 3.04. The van der Waals surface area contributed by atoms with E-state index >= 15 is 0 Å². The van der Waals surface area contributed by atoms with Crippen molar-refractivity contribution < 1.29 is 19.1 Å². The van der Waals surface area contributed by atoms with Crippen LogP contribution in [0.1, 0.15) is 44.6 Å². The summed E-state index contributed by atoms with van der Waals surface area (Å²) in [5, 5.41) is 2.69. The molecule has 30 heavy (non-hydrogen) atoms. The molecule has 3 N–H and O–H groups in total. The van der Waals surface area contributed by atoms with Crippen LogP contribution in [0.5, 0.6) is 5.75 Å². The van der Waals surface area contributed by atoms with Crippen LogP contribution in [0.25, 0.3) is 0 Å². The Morgan fingerprint density at radius 3 is 2.30 bits per heavy atom. The normalized spacial score (nSPS) is 11.3. The predicted molar refractivity (Wildman–Crippen MR) is 119 cm³/mol. The van der Waals surface area contributed by atoms with Crippen molar-refractivity contribution in [1.82, 2.24) is 10.9 Å². The summed E-state index contributed by atoms with van der Waals surface area (Å²) in [5.41, 5.74) is 6.40. The Kier molecular flexibility index (Phi) is 9.34. The molecule has 0 spiro atoms. The highest BCUT2D eigenvalue weighted by Gasteiger charge is 2.11. The summed E-state index contributed by atoms with van der Waals surface area (Å²) < 4.78 is 6.25. The molecular formula is C22H26BrN3O4. The van der Waals surface area contributed by atoms with Gasteiger partial charge in [-0.25, -0.2) is 0 Å². The average molecular weight is 476 g/mol. The van der Waals surface area contributed by atoms with E-state index in [1.165, 1.54) is 5.56 Å². The number of hydrogen-bond acceptors (Lipinski definition) is 4. The van der Waals surface area contributed by atoms with Crippen LogP contribution in [0.2, 0.25) is 0 Å². The number of nitrogens with one attached hydrogen (secondary N) is 3. The average Bonchev–Trinajstić information content (AvgIpc) is 2.75. The van der Waals surface area contributed by atoms with Crippen LogP contribution >= 0.6 is 15.9 Å². The second-order valence-electron chi connectivity index (χ2n) is 6.80. The monoisotopic (exact) mass is 475 g/mol. The van der Waals surface area contributed by atoms with E-state index in [0.717, 1.165) is 10.9 Å². The molecule has 1 atom stereocenters. The van der Waals surface area contributed by atoms with E-state index in [9.17, 15) is 14.4 Å². The van der Waals surface area contributed by atoms with Gasteiger partial charge in [-0.2, -0.15) is 0 Å². The fourth-order valence-electron chi connectivity index (χ4n) is 2.53. The van der Waals surface area contributed by atoms with Gasteiger partial charge in [-0.1, -0.05) is 38.1 Å². The van der Waals surface area contributed by atoms with E-state index in [0.29, 0.717) is 17.4 Å². The Morgan fingerprint density at radius 1 is 0.967 bits per heavy atom. The van der Waals surface area contributed by atoms with Gasteiger partial charge in [-0.15, -0.1) is 0 Å². The summed E-state index contributed by atoms with van der Waals surface area (Å²) >= 11 is 3.45. The molecule has 0 aliphatic carbocycles. The van der Waals surface area contributed by atoms with Gasteiger partial charge in [0.1, 0.15) is 5.75 Å². The first-order valence-corrected chi connectivity index (χ1v) is 10.5. The minimum absolute atomic E-state index is 0.00256.